The molecule has 248 valence electrons. The molecule has 4 N–H and O–H groups in total. The van der Waals surface area contributed by atoms with E-state index in [1.165, 1.54) is 29.0 Å². The van der Waals surface area contributed by atoms with E-state index in [0.717, 1.165) is 45.1 Å². The highest BCUT2D eigenvalue weighted by molar-refractivity contribution is 6.34. The van der Waals surface area contributed by atoms with Crippen molar-refractivity contribution in [2.24, 2.45) is 12.8 Å². The van der Waals surface area contributed by atoms with E-state index in [0.29, 0.717) is 30.0 Å². The summed E-state index contributed by atoms with van der Waals surface area (Å²) in [6.45, 7) is 3.10. The van der Waals surface area contributed by atoms with Crippen LogP contribution in [0.25, 0.3) is 11.3 Å². The van der Waals surface area contributed by atoms with Gasteiger partial charge in [0.2, 0.25) is 13.3 Å². The Hall–Kier alpha value is -4.60. The van der Waals surface area contributed by atoms with Crippen LogP contribution in [0, 0.1) is 5.82 Å². The lowest BCUT2D eigenvalue weighted by molar-refractivity contribution is -0.123. The van der Waals surface area contributed by atoms with Crippen molar-refractivity contribution in [3.05, 3.63) is 64.8 Å². The lowest BCUT2D eigenvalue weighted by Gasteiger charge is -2.32. The van der Waals surface area contributed by atoms with Crippen LogP contribution < -0.4 is 15.8 Å². The number of benzene rings is 2. The smallest absolute Gasteiger partial charge is 0.291 e. The molecule has 0 spiro atoms. The number of carbonyl (C=O) groups excluding carboxylic acids is 3. The largest absolute Gasteiger partial charge is 0.483 e. The van der Waals surface area contributed by atoms with Crippen molar-refractivity contribution < 1.29 is 37.8 Å². The number of piperazine rings is 1. The molecule has 0 bridgehead atoms. The number of likely N-dealkylation sites (tertiary alicyclic amines) is 1. The third-order valence-corrected chi connectivity index (χ3v) is 7.59. The Balaban J connectivity index is 0.000000445. The van der Waals surface area contributed by atoms with Crippen LogP contribution in [0.15, 0.2) is 42.6 Å². The van der Waals surface area contributed by atoms with Crippen LogP contribution in [0.2, 0.25) is 5.02 Å². The number of nitrogens with zero attached hydrogens (tertiary/aromatic N) is 5. The number of hydrogen-bond donors (Lipinski definition) is 3. The number of ether oxygens (including phenoxy) is 1. The molecular weight excluding hydrogens is 628 g/mol. The summed E-state index contributed by atoms with van der Waals surface area (Å²) in [4.78, 5) is 53.8. The highest BCUT2D eigenvalue weighted by atomic mass is 35.5. The molecule has 5 rings (SSSR count). The Morgan fingerprint density at radius 1 is 1.13 bits per heavy atom. The van der Waals surface area contributed by atoms with Crippen molar-refractivity contribution in [3.8, 4) is 17.0 Å². The molecular formula is C30H36ClF2N7O6. The quantitative estimate of drug-likeness (QED) is 0.323. The molecule has 0 unspecified atom stereocenters. The first kappa shape index (κ1) is 35.9. The number of aromatic nitrogens is 2. The van der Waals surface area contributed by atoms with Crippen molar-refractivity contribution >= 4 is 42.0 Å². The Labute approximate surface area is 269 Å². The predicted molar refractivity (Wildman–Crippen MR) is 167 cm³/mol. The topological polar surface area (TPSA) is 163 Å². The molecule has 1 atom stereocenters. The minimum Gasteiger partial charge on any atom is -0.483 e. The van der Waals surface area contributed by atoms with E-state index in [1.54, 1.807) is 29.0 Å². The van der Waals surface area contributed by atoms with Crippen molar-refractivity contribution in [1.82, 2.24) is 24.3 Å². The zero-order valence-corrected chi connectivity index (χ0v) is 26.1. The minimum atomic E-state index is -1.07. The fraction of sp³-hybridized carbons (Fsp3) is 0.367. The van der Waals surface area contributed by atoms with Gasteiger partial charge in [0.1, 0.15) is 11.6 Å². The number of amides is 3. The number of alkyl halides is 1. The van der Waals surface area contributed by atoms with Gasteiger partial charge in [-0.25, -0.2) is 13.8 Å². The number of anilines is 1. The van der Waals surface area contributed by atoms with Crippen molar-refractivity contribution in [2.75, 3.05) is 58.5 Å². The van der Waals surface area contributed by atoms with E-state index >= 15 is 0 Å². The average molecular weight is 664 g/mol. The first-order valence-corrected chi connectivity index (χ1v) is 14.5. The van der Waals surface area contributed by atoms with Crippen molar-refractivity contribution in [2.45, 2.75) is 12.5 Å². The van der Waals surface area contributed by atoms with Gasteiger partial charge >= 0.3 is 0 Å². The molecule has 3 amide bonds. The van der Waals surface area contributed by atoms with Crippen LogP contribution in [0.5, 0.6) is 5.75 Å². The van der Waals surface area contributed by atoms with Crippen molar-refractivity contribution in [3.63, 3.8) is 0 Å². The van der Waals surface area contributed by atoms with Gasteiger partial charge in [0, 0.05) is 69.7 Å². The monoisotopic (exact) mass is 663 g/mol. The van der Waals surface area contributed by atoms with Crippen LogP contribution in [-0.2, 0) is 16.6 Å². The van der Waals surface area contributed by atoms with E-state index in [1.807, 2.05) is 7.05 Å². The van der Waals surface area contributed by atoms with Crippen LogP contribution >= 0.6 is 11.6 Å². The van der Waals surface area contributed by atoms with Gasteiger partial charge in [-0.1, -0.05) is 11.6 Å². The Morgan fingerprint density at radius 2 is 1.83 bits per heavy atom. The fourth-order valence-electron chi connectivity index (χ4n) is 4.77. The number of hydrogen-bond acceptors (Lipinski definition) is 8. The second-order valence-electron chi connectivity index (χ2n) is 10.4. The number of likely N-dealkylation sites (N-methyl/N-ethyl adjacent to an activating group) is 1. The highest BCUT2D eigenvalue weighted by Crippen LogP contribution is 2.28. The summed E-state index contributed by atoms with van der Waals surface area (Å²) in [6.07, 6.45) is 3.18. The summed E-state index contributed by atoms with van der Waals surface area (Å²) in [7, 11) is 3.58. The Morgan fingerprint density at radius 3 is 2.37 bits per heavy atom. The van der Waals surface area contributed by atoms with Gasteiger partial charge in [-0.05, 0) is 43.8 Å². The van der Waals surface area contributed by atoms with Gasteiger partial charge in [0.05, 0.1) is 22.5 Å². The highest BCUT2D eigenvalue weighted by Gasteiger charge is 2.23. The van der Waals surface area contributed by atoms with Crippen LogP contribution in [0.4, 0.5) is 14.5 Å². The summed E-state index contributed by atoms with van der Waals surface area (Å²) in [6, 6.07) is 8.83. The number of nitrogens with one attached hydrogen (secondary N) is 1. The maximum Gasteiger partial charge on any atom is 0.291 e. The number of nitrogens with two attached hydrogens (primary N) is 1. The SMILES string of the molecule is CN1CCN(C(=O)c2ccc(NC(=O)c3ncc(-c4ccc(OCF)cc4F)n3C)cc2Cl)CC1.N[C@@H]1CCN(C=O)C1.O=CO. The second kappa shape index (κ2) is 17.2. The molecule has 3 heterocycles. The molecule has 2 aliphatic rings. The average Bonchev–Trinajstić information content (AvgIpc) is 3.63. The molecule has 0 radical (unpaired) electrons. The second-order valence-corrected chi connectivity index (χ2v) is 10.8. The molecule has 13 nitrogen and oxygen atoms in total. The Kier molecular flexibility index (Phi) is 13.4. The van der Waals surface area contributed by atoms with E-state index in [4.69, 9.17) is 27.2 Å². The molecule has 1 aromatic heterocycles. The maximum absolute atomic E-state index is 14.5. The molecule has 2 fully saturated rings. The standard InChI is InChI=1S/C24H24ClF2N5O3.C5H10N2O.CH2O2/c1-30-7-9-32(10-8-30)24(34)17-5-3-15(11-19(17)25)29-23(33)22-28-13-21(31(22)2)18-6-4-16(35-14-26)12-20(18)27;6-5-1-2-7(3-5)4-8;2-1-3/h3-6,11-13H,7-10,14H2,1-2H3,(H,29,33);4-5H,1-3,6H2;1H,(H,2,3)/t;5-;/m.1./s1. The minimum absolute atomic E-state index is 0.0391. The van der Waals surface area contributed by atoms with Crippen LogP contribution in [-0.4, -0.2) is 113 Å². The summed E-state index contributed by atoms with van der Waals surface area (Å²) in [5.74, 6) is -1.23. The van der Waals surface area contributed by atoms with Gasteiger partial charge in [-0.2, -0.15) is 0 Å². The molecule has 3 aromatic rings. The molecule has 0 aliphatic carbocycles. The van der Waals surface area contributed by atoms with Gasteiger partial charge in [0.15, 0.2) is 5.82 Å². The first-order valence-electron chi connectivity index (χ1n) is 14.1. The van der Waals surface area contributed by atoms with E-state index in [-0.39, 0.29) is 40.6 Å². The summed E-state index contributed by atoms with van der Waals surface area (Å²) >= 11 is 6.36. The number of carbonyl (C=O) groups is 4. The maximum atomic E-state index is 14.5. The van der Waals surface area contributed by atoms with E-state index in [2.05, 4.69) is 19.9 Å². The summed E-state index contributed by atoms with van der Waals surface area (Å²) < 4.78 is 32.9. The molecule has 46 heavy (non-hydrogen) atoms. The van der Waals surface area contributed by atoms with Gasteiger partial charge in [0.25, 0.3) is 18.3 Å². The summed E-state index contributed by atoms with van der Waals surface area (Å²) in [5, 5.41) is 9.82. The Bertz CT molecular complexity index is 1520. The first-order chi connectivity index (χ1) is 22.0. The van der Waals surface area contributed by atoms with E-state index < -0.39 is 18.6 Å². The van der Waals surface area contributed by atoms with Gasteiger partial charge in [-0.15, -0.1) is 0 Å². The number of halogens is 3. The van der Waals surface area contributed by atoms with E-state index in [9.17, 15) is 23.2 Å². The third kappa shape index (κ3) is 9.45. The van der Waals surface area contributed by atoms with Crippen molar-refractivity contribution in [1.29, 1.82) is 0 Å². The van der Waals surface area contributed by atoms with Crippen LogP contribution in [0.1, 0.15) is 27.4 Å². The predicted octanol–water partition coefficient (Wildman–Crippen LogP) is 2.70. The van der Waals surface area contributed by atoms with Crippen LogP contribution in [0.3, 0.4) is 0 Å². The zero-order valence-electron chi connectivity index (χ0n) is 25.4. The fourth-order valence-corrected chi connectivity index (χ4v) is 5.03. The summed E-state index contributed by atoms with van der Waals surface area (Å²) in [5.41, 5.74) is 6.79. The zero-order chi connectivity index (χ0) is 33.8. The molecule has 2 aromatic carbocycles. The molecule has 2 aliphatic heterocycles. The third-order valence-electron chi connectivity index (χ3n) is 7.28. The number of rotatable bonds is 7. The molecule has 16 heteroatoms. The molecule has 0 saturated carbocycles. The van der Waals surface area contributed by atoms with Gasteiger partial charge in [-0.3, -0.25) is 19.2 Å². The van der Waals surface area contributed by atoms with Gasteiger partial charge < -0.3 is 40.2 Å². The lowest BCUT2D eigenvalue weighted by Crippen LogP contribution is -2.47. The number of carboxylic acid groups (broad SMARTS) is 1. The number of imidazole rings is 1. The lowest BCUT2D eigenvalue weighted by atomic mass is 10.1. The normalized spacial score (nSPS) is 16.0. The molecule has 2 saturated heterocycles.